The van der Waals surface area contributed by atoms with E-state index in [1.807, 2.05) is 13.8 Å². The van der Waals surface area contributed by atoms with Gasteiger partial charge in [0, 0.05) is 11.1 Å². The molecule has 1 aromatic rings. The lowest BCUT2D eigenvalue weighted by Crippen LogP contribution is -2.41. The molecule has 0 heterocycles. The van der Waals surface area contributed by atoms with E-state index in [-0.39, 0.29) is 17.4 Å². The van der Waals surface area contributed by atoms with Crippen LogP contribution in [0.15, 0.2) is 29.2 Å². The van der Waals surface area contributed by atoms with Crippen LogP contribution in [0.1, 0.15) is 20.3 Å². The molecule has 0 aromatic heterocycles. The van der Waals surface area contributed by atoms with Gasteiger partial charge in [0.25, 0.3) is 0 Å². The standard InChI is InChI=1S/C12H18ClNO3S/c1-3-9(2)12(8-15)14-18(16,17)11-6-4-10(13)5-7-11/h4-7,9,12,14-15H,3,8H2,1-2H3/t9-,12?/m1/s1. The Hall–Kier alpha value is -0.620. The van der Waals surface area contributed by atoms with Gasteiger partial charge in [-0.05, 0) is 30.2 Å². The third-order valence-corrected chi connectivity index (χ3v) is 4.72. The molecule has 2 N–H and O–H groups in total. The second kappa shape index (κ2) is 6.52. The molecular weight excluding hydrogens is 274 g/mol. The van der Waals surface area contributed by atoms with Crippen molar-refractivity contribution in [2.75, 3.05) is 6.61 Å². The fraction of sp³-hybridized carbons (Fsp3) is 0.500. The molecule has 0 bridgehead atoms. The molecule has 6 heteroatoms. The van der Waals surface area contributed by atoms with Crippen molar-refractivity contribution in [3.8, 4) is 0 Å². The minimum Gasteiger partial charge on any atom is -0.395 e. The SMILES string of the molecule is CC[C@@H](C)C(CO)NS(=O)(=O)c1ccc(Cl)cc1. The summed E-state index contributed by atoms with van der Waals surface area (Å²) in [6.07, 6.45) is 0.786. The molecule has 0 radical (unpaired) electrons. The Balaban J connectivity index is 2.90. The molecule has 1 rings (SSSR count). The van der Waals surface area contributed by atoms with Gasteiger partial charge in [-0.1, -0.05) is 31.9 Å². The first kappa shape index (κ1) is 15.4. The smallest absolute Gasteiger partial charge is 0.240 e. The number of sulfonamides is 1. The summed E-state index contributed by atoms with van der Waals surface area (Å²) in [5.41, 5.74) is 0. The fourth-order valence-electron chi connectivity index (χ4n) is 1.50. The molecule has 0 aliphatic carbocycles. The molecule has 0 aliphatic heterocycles. The molecule has 4 nitrogen and oxygen atoms in total. The van der Waals surface area contributed by atoms with E-state index in [1.165, 1.54) is 24.3 Å². The minimum atomic E-state index is -3.61. The first-order valence-corrected chi connectivity index (χ1v) is 7.65. The summed E-state index contributed by atoms with van der Waals surface area (Å²) in [7, 11) is -3.61. The van der Waals surface area contributed by atoms with E-state index in [0.29, 0.717) is 5.02 Å². The molecule has 0 fully saturated rings. The molecule has 2 atom stereocenters. The van der Waals surface area contributed by atoms with Gasteiger partial charge >= 0.3 is 0 Å². The van der Waals surface area contributed by atoms with Gasteiger partial charge in [-0.2, -0.15) is 0 Å². The van der Waals surface area contributed by atoms with Crippen LogP contribution in [0.4, 0.5) is 0 Å². The Bertz CT molecular complexity index is 473. The average Bonchev–Trinajstić information content (AvgIpc) is 2.35. The van der Waals surface area contributed by atoms with Gasteiger partial charge in [0.1, 0.15) is 0 Å². The van der Waals surface area contributed by atoms with Crippen molar-refractivity contribution in [2.45, 2.75) is 31.2 Å². The van der Waals surface area contributed by atoms with Gasteiger partial charge in [-0.3, -0.25) is 0 Å². The Labute approximate surface area is 113 Å². The summed E-state index contributed by atoms with van der Waals surface area (Å²) in [5, 5.41) is 9.71. The van der Waals surface area contributed by atoms with Gasteiger partial charge in [-0.25, -0.2) is 13.1 Å². The lowest BCUT2D eigenvalue weighted by atomic mass is 10.0. The Morgan fingerprint density at radius 2 is 1.89 bits per heavy atom. The van der Waals surface area contributed by atoms with Crippen LogP contribution < -0.4 is 4.72 Å². The maximum absolute atomic E-state index is 12.1. The van der Waals surface area contributed by atoms with E-state index in [2.05, 4.69) is 4.72 Å². The number of aliphatic hydroxyl groups is 1. The van der Waals surface area contributed by atoms with Crippen LogP contribution in [0.3, 0.4) is 0 Å². The summed E-state index contributed by atoms with van der Waals surface area (Å²) in [6.45, 7) is 3.62. The van der Waals surface area contributed by atoms with Crippen LogP contribution in [-0.2, 0) is 10.0 Å². The van der Waals surface area contributed by atoms with Gasteiger partial charge in [-0.15, -0.1) is 0 Å². The Morgan fingerprint density at radius 3 is 2.33 bits per heavy atom. The highest BCUT2D eigenvalue weighted by Crippen LogP contribution is 2.16. The molecule has 1 aromatic carbocycles. The normalized spacial score (nSPS) is 15.3. The lowest BCUT2D eigenvalue weighted by Gasteiger charge is -2.21. The van der Waals surface area contributed by atoms with E-state index in [9.17, 15) is 13.5 Å². The molecule has 102 valence electrons. The van der Waals surface area contributed by atoms with Gasteiger partial charge < -0.3 is 5.11 Å². The second-order valence-electron chi connectivity index (χ2n) is 4.25. The first-order valence-electron chi connectivity index (χ1n) is 5.79. The van der Waals surface area contributed by atoms with Gasteiger partial charge in [0.05, 0.1) is 11.5 Å². The third-order valence-electron chi connectivity index (χ3n) is 2.96. The molecule has 0 spiro atoms. The number of benzene rings is 1. The van der Waals surface area contributed by atoms with Crippen molar-refractivity contribution in [1.82, 2.24) is 4.72 Å². The quantitative estimate of drug-likeness (QED) is 0.843. The fourth-order valence-corrected chi connectivity index (χ4v) is 2.96. The van der Waals surface area contributed by atoms with Crippen LogP contribution in [-0.4, -0.2) is 26.2 Å². The Kier molecular flexibility index (Phi) is 5.59. The average molecular weight is 292 g/mol. The predicted octanol–water partition coefficient (Wildman–Crippen LogP) is 2.03. The summed E-state index contributed by atoms with van der Waals surface area (Å²) < 4.78 is 26.6. The van der Waals surface area contributed by atoms with E-state index in [4.69, 9.17) is 11.6 Å². The van der Waals surface area contributed by atoms with Crippen molar-refractivity contribution in [2.24, 2.45) is 5.92 Å². The number of hydrogen-bond donors (Lipinski definition) is 2. The zero-order valence-electron chi connectivity index (χ0n) is 10.4. The van der Waals surface area contributed by atoms with Gasteiger partial charge in [0.2, 0.25) is 10.0 Å². The molecular formula is C12H18ClNO3S. The van der Waals surface area contributed by atoms with Crippen LogP contribution >= 0.6 is 11.6 Å². The molecule has 0 saturated carbocycles. The lowest BCUT2D eigenvalue weighted by molar-refractivity contribution is 0.219. The predicted molar refractivity (Wildman–Crippen MR) is 72.1 cm³/mol. The van der Waals surface area contributed by atoms with Crippen molar-refractivity contribution in [3.05, 3.63) is 29.3 Å². The maximum Gasteiger partial charge on any atom is 0.240 e. The number of nitrogens with one attached hydrogen (secondary N) is 1. The summed E-state index contributed by atoms with van der Waals surface area (Å²) in [5.74, 6) is 0.0667. The van der Waals surface area contributed by atoms with Crippen molar-refractivity contribution >= 4 is 21.6 Å². The zero-order chi connectivity index (χ0) is 13.8. The first-order chi connectivity index (χ1) is 8.40. The van der Waals surface area contributed by atoms with Crippen LogP contribution in [0.2, 0.25) is 5.02 Å². The zero-order valence-corrected chi connectivity index (χ0v) is 12.0. The molecule has 18 heavy (non-hydrogen) atoms. The molecule has 0 aliphatic rings. The molecule has 0 amide bonds. The third kappa shape index (κ3) is 3.95. The van der Waals surface area contributed by atoms with E-state index < -0.39 is 16.1 Å². The maximum atomic E-state index is 12.1. The minimum absolute atomic E-state index is 0.0667. The van der Waals surface area contributed by atoms with Crippen molar-refractivity contribution in [1.29, 1.82) is 0 Å². The second-order valence-corrected chi connectivity index (χ2v) is 6.40. The van der Waals surface area contributed by atoms with E-state index in [0.717, 1.165) is 6.42 Å². The van der Waals surface area contributed by atoms with Crippen molar-refractivity contribution in [3.63, 3.8) is 0 Å². The van der Waals surface area contributed by atoms with E-state index >= 15 is 0 Å². The number of rotatable bonds is 6. The highest BCUT2D eigenvalue weighted by Gasteiger charge is 2.22. The highest BCUT2D eigenvalue weighted by molar-refractivity contribution is 7.89. The summed E-state index contributed by atoms with van der Waals surface area (Å²) in [6, 6.07) is 5.45. The van der Waals surface area contributed by atoms with Crippen LogP contribution in [0, 0.1) is 5.92 Å². The van der Waals surface area contributed by atoms with E-state index in [1.54, 1.807) is 0 Å². The molecule has 0 saturated heterocycles. The topological polar surface area (TPSA) is 66.4 Å². The largest absolute Gasteiger partial charge is 0.395 e. The molecule has 1 unspecified atom stereocenters. The summed E-state index contributed by atoms with van der Waals surface area (Å²) >= 11 is 5.71. The highest BCUT2D eigenvalue weighted by atomic mass is 35.5. The number of halogens is 1. The summed E-state index contributed by atoms with van der Waals surface area (Å²) in [4.78, 5) is 0.147. The van der Waals surface area contributed by atoms with Gasteiger partial charge in [0.15, 0.2) is 0 Å². The van der Waals surface area contributed by atoms with Crippen molar-refractivity contribution < 1.29 is 13.5 Å². The monoisotopic (exact) mass is 291 g/mol. The Morgan fingerprint density at radius 1 is 1.33 bits per heavy atom. The van der Waals surface area contributed by atoms with Crippen LogP contribution in [0.25, 0.3) is 0 Å². The number of aliphatic hydroxyl groups excluding tert-OH is 1. The van der Waals surface area contributed by atoms with Crippen LogP contribution in [0.5, 0.6) is 0 Å². The number of hydrogen-bond acceptors (Lipinski definition) is 3.